The minimum atomic E-state index is -3.59. The summed E-state index contributed by atoms with van der Waals surface area (Å²) in [6.07, 6.45) is 6.46. The smallest absolute Gasteiger partial charge is 0.257 e. The van der Waals surface area contributed by atoms with Crippen LogP contribution in [0.4, 0.5) is 0 Å². The summed E-state index contributed by atoms with van der Waals surface area (Å²) in [6, 6.07) is 10.2. The molecular weight excluding hydrogens is 322 g/mol. The van der Waals surface area contributed by atoms with Crippen molar-refractivity contribution < 1.29 is 8.42 Å². The van der Waals surface area contributed by atoms with Gasteiger partial charge in [-0.1, -0.05) is 32.0 Å². The van der Waals surface area contributed by atoms with E-state index in [1.165, 1.54) is 3.97 Å². The first-order chi connectivity index (χ1) is 11.6. The topological polar surface area (TPSA) is 64.8 Å². The molecule has 0 amide bonds. The van der Waals surface area contributed by atoms with E-state index < -0.39 is 10.0 Å². The van der Waals surface area contributed by atoms with Gasteiger partial charge in [0.25, 0.3) is 10.0 Å². The van der Waals surface area contributed by atoms with Crippen LogP contribution in [-0.2, 0) is 22.9 Å². The van der Waals surface area contributed by atoms with Gasteiger partial charge in [-0.3, -0.25) is 4.98 Å². The lowest BCUT2D eigenvalue weighted by Crippen LogP contribution is -2.10. The van der Waals surface area contributed by atoms with Crippen molar-refractivity contribution in [2.24, 2.45) is 0 Å². The van der Waals surface area contributed by atoms with Crippen molar-refractivity contribution in [1.82, 2.24) is 13.9 Å². The maximum absolute atomic E-state index is 12.7. The molecule has 1 aromatic carbocycles. The van der Waals surface area contributed by atoms with Crippen LogP contribution < -0.4 is 0 Å². The molecule has 0 bridgehead atoms. The van der Waals surface area contributed by atoms with Crippen molar-refractivity contribution >= 4 is 10.0 Å². The highest BCUT2D eigenvalue weighted by Crippen LogP contribution is 2.24. The molecule has 0 saturated heterocycles. The molecular formula is C18H19N3O2S. The Hall–Kier alpha value is -2.47. The average molecular weight is 341 g/mol. The highest BCUT2D eigenvalue weighted by Gasteiger charge is 2.18. The summed E-state index contributed by atoms with van der Waals surface area (Å²) < 4.78 is 26.6. The van der Waals surface area contributed by atoms with Crippen molar-refractivity contribution in [3.05, 3.63) is 66.4 Å². The molecule has 0 fully saturated rings. The number of benzene rings is 1. The Kier molecular flexibility index (Phi) is 4.49. The standard InChI is InChI=1S/C18H19N3O2S/c1-3-15-12-19-17(4-2)18(20-15)14-10-11-21(13-14)24(22,23)16-8-6-5-7-9-16/h5-13H,3-4H2,1-2H3. The lowest BCUT2D eigenvalue weighted by atomic mass is 10.1. The van der Waals surface area contributed by atoms with E-state index in [-0.39, 0.29) is 4.90 Å². The zero-order valence-corrected chi connectivity index (χ0v) is 14.5. The second-order valence-electron chi connectivity index (χ2n) is 5.41. The fourth-order valence-electron chi connectivity index (χ4n) is 2.49. The fourth-order valence-corrected chi connectivity index (χ4v) is 3.71. The summed E-state index contributed by atoms with van der Waals surface area (Å²) in [6.45, 7) is 4.03. The molecule has 24 heavy (non-hydrogen) atoms. The molecule has 5 nitrogen and oxygen atoms in total. The molecule has 6 heteroatoms. The van der Waals surface area contributed by atoms with Gasteiger partial charge in [0.15, 0.2) is 0 Å². The van der Waals surface area contributed by atoms with Crippen LogP contribution >= 0.6 is 0 Å². The van der Waals surface area contributed by atoms with E-state index in [0.29, 0.717) is 0 Å². The highest BCUT2D eigenvalue weighted by molar-refractivity contribution is 7.90. The summed E-state index contributed by atoms with van der Waals surface area (Å²) in [5.41, 5.74) is 3.26. The Balaban J connectivity index is 2.06. The van der Waals surface area contributed by atoms with Gasteiger partial charge in [-0.05, 0) is 31.0 Å². The first-order valence-corrected chi connectivity index (χ1v) is 9.34. The molecule has 124 valence electrons. The molecule has 0 unspecified atom stereocenters. The Labute approximate surface area is 142 Å². The van der Waals surface area contributed by atoms with Crippen LogP contribution in [0.5, 0.6) is 0 Å². The quantitative estimate of drug-likeness (QED) is 0.714. The van der Waals surface area contributed by atoms with Crippen LogP contribution in [0.1, 0.15) is 25.2 Å². The van der Waals surface area contributed by atoms with Gasteiger partial charge in [0.05, 0.1) is 22.0 Å². The third-order valence-corrected chi connectivity index (χ3v) is 5.50. The van der Waals surface area contributed by atoms with E-state index in [4.69, 9.17) is 0 Å². The Morgan fingerprint density at radius 2 is 1.79 bits per heavy atom. The van der Waals surface area contributed by atoms with Gasteiger partial charge in [0, 0.05) is 24.2 Å². The largest absolute Gasteiger partial charge is 0.267 e. The van der Waals surface area contributed by atoms with E-state index in [1.807, 2.05) is 13.8 Å². The molecule has 3 aromatic rings. The van der Waals surface area contributed by atoms with Crippen LogP contribution in [0, 0.1) is 0 Å². The van der Waals surface area contributed by atoms with Crippen molar-refractivity contribution in [1.29, 1.82) is 0 Å². The number of hydrogen-bond donors (Lipinski definition) is 0. The summed E-state index contributed by atoms with van der Waals surface area (Å²) in [5, 5.41) is 0. The molecule has 0 aliphatic rings. The van der Waals surface area contributed by atoms with Crippen molar-refractivity contribution in [3.8, 4) is 11.3 Å². The van der Waals surface area contributed by atoms with Crippen molar-refractivity contribution in [3.63, 3.8) is 0 Å². The van der Waals surface area contributed by atoms with Crippen LogP contribution in [0.2, 0.25) is 0 Å². The molecule has 2 heterocycles. The average Bonchev–Trinajstić information content (AvgIpc) is 3.12. The number of hydrogen-bond acceptors (Lipinski definition) is 4. The molecule has 0 aliphatic carbocycles. The third-order valence-electron chi connectivity index (χ3n) is 3.85. The highest BCUT2D eigenvalue weighted by atomic mass is 32.2. The molecule has 0 saturated carbocycles. The number of aryl methyl sites for hydroxylation is 2. The number of aromatic nitrogens is 3. The van der Waals surface area contributed by atoms with Gasteiger partial charge in [-0.15, -0.1) is 0 Å². The number of rotatable bonds is 5. The zero-order chi connectivity index (χ0) is 17.2. The van der Waals surface area contributed by atoms with E-state index in [1.54, 1.807) is 55.0 Å². The molecule has 0 atom stereocenters. The lowest BCUT2D eigenvalue weighted by Gasteiger charge is -2.07. The van der Waals surface area contributed by atoms with Gasteiger partial charge in [0.1, 0.15) is 0 Å². The summed E-state index contributed by atoms with van der Waals surface area (Å²) >= 11 is 0. The van der Waals surface area contributed by atoms with E-state index >= 15 is 0 Å². The van der Waals surface area contributed by atoms with E-state index in [0.717, 1.165) is 35.5 Å². The maximum atomic E-state index is 12.7. The Morgan fingerprint density at radius 1 is 1.04 bits per heavy atom. The second-order valence-corrected chi connectivity index (χ2v) is 7.26. The minimum Gasteiger partial charge on any atom is -0.257 e. The molecule has 0 N–H and O–H groups in total. The van der Waals surface area contributed by atoms with Gasteiger partial charge in [0.2, 0.25) is 0 Å². The predicted molar refractivity (Wildman–Crippen MR) is 93.2 cm³/mol. The normalized spacial score (nSPS) is 11.6. The maximum Gasteiger partial charge on any atom is 0.267 e. The molecule has 2 aromatic heterocycles. The van der Waals surface area contributed by atoms with E-state index in [2.05, 4.69) is 9.97 Å². The summed E-state index contributed by atoms with van der Waals surface area (Å²) in [5.74, 6) is 0. The minimum absolute atomic E-state index is 0.260. The zero-order valence-electron chi connectivity index (χ0n) is 13.7. The molecule has 3 rings (SSSR count). The predicted octanol–water partition coefficient (Wildman–Crippen LogP) is 3.31. The van der Waals surface area contributed by atoms with Gasteiger partial charge < -0.3 is 0 Å². The molecule has 0 radical (unpaired) electrons. The Bertz CT molecular complexity index is 947. The SMILES string of the molecule is CCc1cnc(CC)c(-c2ccn(S(=O)(=O)c3ccccc3)c2)n1. The van der Waals surface area contributed by atoms with Crippen LogP contribution in [-0.4, -0.2) is 22.4 Å². The monoisotopic (exact) mass is 341 g/mol. The van der Waals surface area contributed by atoms with Crippen LogP contribution in [0.15, 0.2) is 59.9 Å². The fraction of sp³-hybridized carbons (Fsp3) is 0.222. The van der Waals surface area contributed by atoms with Gasteiger partial charge >= 0.3 is 0 Å². The first kappa shape index (κ1) is 16.4. The molecule has 0 aliphatic heterocycles. The van der Waals surface area contributed by atoms with Crippen molar-refractivity contribution in [2.45, 2.75) is 31.6 Å². The third kappa shape index (κ3) is 2.97. The van der Waals surface area contributed by atoms with Crippen molar-refractivity contribution in [2.75, 3.05) is 0 Å². The second kappa shape index (κ2) is 6.57. The summed E-state index contributed by atoms with van der Waals surface area (Å²) in [4.78, 5) is 9.34. The molecule has 0 spiro atoms. The summed E-state index contributed by atoms with van der Waals surface area (Å²) in [7, 11) is -3.59. The van der Waals surface area contributed by atoms with Crippen LogP contribution in [0.3, 0.4) is 0 Å². The van der Waals surface area contributed by atoms with E-state index in [9.17, 15) is 8.42 Å². The Morgan fingerprint density at radius 3 is 2.46 bits per heavy atom. The lowest BCUT2D eigenvalue weighted by molar-refractivity contribution is 0.587. The first-order valence-electron chi connectivity index (χ1n) is 7.90. The number of nitrogens with zero attached hydrogens (tertiary/aromatic N) is 3. The van der Waals surface area contributed by atoms with Gasteiger partial charge in [-0.2, -0.15) is 0 Å². The van der Waals surface area contributed by atoms with Crippen LogP contribution in [0.25, 0.3) is 11.3 Å². The van der Waals surface area contributed by atoms with Gasteiger partial charge in [-0.25, -0.2) is 17.4 Å².